The first-order valence-corrected chi connectivity index (χ1v) is 9.88. The molecule has 1 heterocycles. The second-order valence-corrected chi connectivity index (χ2v) is 8.22. The number of nitrogens with one attached hydrogen (secondary N) is 1. The Kier molecular flexibility index (Phi) is 6.07. The molecule has 0 aromatic heterocycles. The van der Waals surface area contributed by atoms with Gasteiger partial charge in [0.05, 0.1) is 6.04 Å². The fourth-order valence-electron chi connectivity index (χ4n) is 3.44. The number of carbonyl (C=O) groups excluding carboxylic acids is 2. The fraction of sp³-hybridized carbons (Fsp3) is 0.600. The van der Waals surface area contributed by atoms with Crippen molar-refractivity contribution in [3.05, 3.63) is 34.9 Å². The topological polar surface area (TPSA) is 52.7 Å². The monoisotopic (exact) mass is 377 g/mol. The van der Waals surface area contributed by atoms with E-state index in [1.165, 1.54) is 12.8 Å². The van der Waals surface area contributed by atoms with Gasteiger partial charge in [-0.3, -0.25) is 4.79 Å². The van der Waals surface area contributed by atoms with Crippen molar-refractivity contribution in [3.8, 4) is 0 Å². The van der Waals surface area contributed by atoms with Gasteiger partial charge in [0.1, 0.15) is 0 Å². The number of urea groups is 1. The van der Waals surface area contributed by atoms with Crippen LogP contribution in [-0.4, -0.2) is 47.4 Å². The van der Waals surface area contributed by atoms with Gasteiger partial charge in [0.15, 0.2) is 0 Å². The van der Waals surface area contributed by atoms with Crippen LogP contribution in [0.2, 0.25) is 5.02 Å². The van der Waals surface area contributed by atoms with Crippen LogP contribution in [0.1, 0.15) is 38.7 Å². The molecule has 26 heavy (non-hydrogen) atoms. The van der Waals surface area contributed by atoms with Gasteiger partial charge in [-0.2, -0.15) is 0 Å². The maximum absolute atomic E-state index is 12.7. The summed E-state index contributed by atoms with van der Waals surface area (Å²) >= 11 is 5.90. The molecule has 1 aromatic carbocycles. The van der Waals surface area contributed by atoms with Crippen molar-refractivity contribution in [1.82, 2.24) is 15.1 Å². The molecule has 1 aliphatic carbocycles. The summed E-state index contributed by atoms with van der Waals surface area (Å²) in [4.78, 5) is 29.1. The number of hydrogen-bond acceptors (Lipinski definition) is 2. The molecule has 2 fully saturated rings. The number of amides is 3. The average Bonchev–Trinajstić information content (AvgIpc) is 3.44. The van der Waals surface area contributed by atoms with E-state index in [1.54, 1.807) is 4.90 Å². The van der Waals surface area contributed by atoms with Gasteiger partial charge in [-0.05, 0) is 42.4 Å². The summed E-state index contributed by atoms with van der Waals surface area (Å²) in [6.45, 7) is 6.65. The van der Waals surface area contributed by atoms with Crippen LogP contribution in [0.25, 0.3) is 0 Å². The van der Waals surface area contributed by atoms with Gasteiger partial charge in [0.2, 0.25) is 5.91 Å². The van der Waals surface area contributed by atoms with E-state index in [2.05, 4.69) is 19.2 Å². The summed E-state index contributed by atoms with van der Waals surface area (Å²) in [5.74, 6) is 1.16. The Labute approximate surface area is 160 Å². The van der Waals surface area contributed by atoms with Crippen molar-refractivity contribution in [2.45, 2.75) is 45.7 Å². The quantitative estimate of drug-likeness (QED) is 0.853. The Bertz CT molecular complexity index is 643. The van der Waals surface area contributed by atoms with Crippen LogP contribution in [0.15, 0.2) is 24.3 Å². The van der Waals surface area contributed by atoms with Crippen molar-refractivity contribution < 1.29 is 9.59 Å². The van der Waals surface area contributed by atoms with Gasteiger partial charge in [0, 0.05) is 37.6 Å². The van der Waals surface area contributed by atoms with E-state index in [0.717, 1.165) is 12.1 Å². The highest BCUT2D eigenvalue weighted by molar-refractivity contribution is 6.30. The average molecular weight is 378 g/mol. The van der Waals surface area contributed by atoms with Crippen molar-refractivity contribution in [2.75, 3.05) is 19.6 Å². The van der Waals surface area contributed by atoms with E-state index >= 15 is 0 Å². The molecule has 0 unspecified atom stereocenters. The molecule has 142 valence electrons. The second kappa shape index (κ2) is 8.30. The minimum absolute atomic E-state index is 0.0897. The van der Waals surface area contributed by atoms with Crippen LogP contribution in [-0.2, 0) is 11.3 Å². The van der Waals surface area contributed by atoms with Crippen molar-refractivity contribution >= 4 is 23.5 Å². The number of nitrogens with zero attached hydrogens (tertiary/aromatic N) is 2. The molecule has 6 heteroatoms. The van der Waals surface area contributed by atoms with Crippen molar-refractivity contribution in [2.24, 2.45) is 11.8 Å². The van der Waals surface area contributed by atoms with Gasteiger partial charge in [0.25, 0.3) is 0 Å². The molecule has 1 saturated carbocycles. The number of halogens is 1. The summed E-state index contributed by atoms with van der Waals surface area (Å²) in [7, 11) is 0. The lowest BCUT2D eigenvalue weighted by molar-refractivity contribution is -0.133. The lowest BCUT2D eigenvalue weighted by Gasteiger charge is -2.34. The zero-order chi connectivity index (χ0) is 18.7. The van der Waals surface area contributed by atoms with Gasteiger partial charge < -0.3 is 15.1 Å². The minimum atomic E-state index is -0.105. The Hall–Kier alpha value is -1.75. The second-order valence-electron chi connectivity index (χ2n) is 7.78. The number of hydrogen-bond donors (Lipinski definition) is 1. The summed E-state index contributed by atoms with van der Waals surface area (Å²) in [6, 6.07) is 7.43. The fourth-order valence-corrected chi connectivity index (χ4v) is 3.56. The highest BCUT2D eigenvalue weighted by atomic mass is 35.5. The largest absolute Gasteiger partial charge is 0.337 e. The molecule has 3 amide bonds. The van der Waals surface area contributed by atoms with Crippen molar-refractivity contribution in [3.63, 3.8) is 0 Å². The normalized spacial score (nSPS) is 21.1. The van der Waals surface area contributed by atoms with Crippen LogP contribution in [0, 0.1) is 11.8 Å². The summed E-state index contributed by atoms with van der Waals surface area (Å²) in [5.41, 5.74) is 1.00. The molecule has 1 N–H and O–H groups in total. The Morgan fingerprint density at radius 3 is 2.58 bits per heavy atom. The van der Waals surface area contributed by atoms with E-state index < -0.39 is 0 Å². The number of rotatable bonds is 5. The molecular weight excluding hydrogens is 350 g/mol. The molecule has 3 rings (SSSR count). The van der Waals surface area contributed by atoms with Gasteiger partial charge in [-0.25, -0.2) is 4.79 Å². The molecule has 2 aliphatic rings. The van der Waals surface area contributed by atoms with E-state index in [4.69, 9.17) is 11.6 Å². The Morgan fingerprint density at radius 1 is 1.27 bits per heavy atom. The molecule has 0 radical (unpaired) electrons. The third-order valence-electron chi connectivity index (χ3n) is 5.29. The standard InChI is InChI=1S/C20H28ClN3O2/c1-14(2)18-13-23(10-9-19(25)24(18)12-16-3-4-16)20(26)22-11-15-5-7-17(21)8-6-15/h5-8,14,16,18H,3-4,9-13H2,1-2H3,(H,22,26)/t18-/m0/s1. The third-order valence-corrected chi connectivity index (χ3v) is 5.54. The first-order chi connectivity index (χ1) is 12.4. The molecular formula is C20H28ClN3O2. The van der Waals surface area contributed by atoms with E-state index in [1.807, 2.05) is 29.2 Å². The third kappa shape index (κ3) is 4.91. The van der Waals surface area contributed by atoms with Crippen LogP contribution in [0.4, 0.5) is 4.79 Å². The first-order valence-electron chi connectivity index (χ1n) is 9.50. The van der Waals surface area contributed by atoms with Crippen LogP contribution in [0.5, 0.6) is 0 Å². The van der Waals surface area contributed by atoms with Gasteiger partial charge in [-0.1, -0.05) is 37.6 Å². The van der Waals surface area contributed by atoms with Gasteiger partial charge in [-0.15, -0.1) is 0 Å². The van der Waals surface area contributed by atoms with Crippen molar-refractivity contribution in [1.29, 1.82) is 0 Å². The molecule has 1 saturated heterocycles. The van der Waals surface area contributed by atoms with Gasteiger partial charge >= 0.3 is 6.03 Å². The number of carbonyl (C=O) groups is 2. The lowest BCUT2D eigenvalue weighted by Crippen LogP contribution is -2.49. The smallest absolute Gasteiger partial charge is 0.317 e. The molecule has 1 atom stereocenters. The maximum Gasteiger partial charge on any atom is 0.317 e. The summed E-state index contributed by atoms with van der Waals surface area (Å²) in [6.07, 6.45) is 2.85. The molecule has 1 aliphatic heterocycles. The molecule has 1 aromatic rings. The molecule has 0 spiro atoms. The van der Waals surface area contributed by atoms with Crippen LogP contribution >= 0.6 is 11.6 Å². The molecule has 5 nitrogen and oxygen atoms in total. The Balaban J connectivity index is 1.62. The zero-order valence-electron chi connectivity index (χ0n) is 15.6. The Morgan fingerprint density at radius 2 is 1.96 bits per heavy atom. The van der Waals surface area contributed by atoms with E-state index in [-0.39, 0.29) is 18.0 Å². The lowest BCUT2D eigenvalue weighted by atomic mass is 10.0. The predicted octanol–water partition coefficient (Wildman–Crippen LogP) is 3.52. The van der Waals surface area contributed by atoms with E-state index in [0.29, 0.717) is 42.9 Å². The predicted molar refractivity (Wildman–Crippen MR) is 103 cm³/mol. The zero-order valence-corrected chi connectivity index (χ0v) is 16.3. The number of benzene rings is 1. The minimum Gasteiger partial charge on any atom is -0.337 e. The van der Waals surface area contributed by atoms with Crippen LogP contribution in [0.3, 0.4) is 0 Å². The summed E-state index contributed by atoms with van der Waals surface area (Å²) in [5, 5.41) is 3.65. The van der Waals surface area contributed by atoms with E-state index in [9.17, 15) is 9.59 Å². The molecule has 0 bridgehead atoms. The summed E-state index contributed by atoms with van der Waals surface area (Å²) < 4.78 is 0. The first kappa shape index (κ1) is 19.0. The highest BCUT2D eigenvalue weighted by Crippen LogP contribution is 2.32. The maximum atomic E-state index is 12.7. The SMILES string of the molecule is CC(C)[C@@H]1CN(C(=O)NCc2ccc(Cl)cc2)CCC(=O)N1CC1CC1. The highest BCUT2D eigenvalue weighted by Gasteiger charge is 2.36. The van der Waals surface area contributed by atoms with Crippen LogP contribution < -0.4 is 5.32 Å².